The lowest BCUT2D eigenvalue weighted by atomic mass is 10.0. The Morgan fingerprint density at radius 1 is 1.07 bits per heavy atom. The molecule has 0 unspecified atom stereocenters. The summed E-state index contributed by atoms with van der Waals surface area (Å²) in [6.07, 6.45) is 3.45. The highest BCUT2D eigenvalue weighted by Gasteiger charge is 2.32. The van der Waals surface area contributed by atoms with Crippen LogP contribution in [0.3, 0.4) is 0 Å². The van der Waals surface area contributed by atoms with Crippen LogP contribution >= 0.6 is 0 Å². The molecule has 5 rings (SSSR count). The number of carbonyl (C=O) groups is 1. The Morgan fingerprint density at radius 3 is 2.66 bits per heavy atom. The molecule has 1 aliphatic rings. The number of benzene rings is 2. The highest BCUT2D eigenvalue weighted by molar-refractivity contribution is 6.00. The monoisotopic (exact) mass is 384 g/mol. The Kier molecular flexibility index (Phi) is 4.20. The van der Waals surface area contributed by atoms with Gasteiger partial charge in [-0.25, -0.2) is 14.6 Å². The number of hydrogen-bond donors (Lipinski definition) is 1. The third kappa shape index (κ3) is 3.00. The van der Waals surface area contributed by atoms with E-state index in [0.717, 1.165) is 17.0 Å². The van der Waals surface area contributed by atoms with E-state index in [1.165, 1.54) is 0 Å². The standard InChI is InChI=1S/C22H20N6O/c1-15-21-25-19(16-7-3-2-4-8-16)26-28(21)14-13-27(15)22(29)18-10-6-5-9-17(18)20-23-11-12-24-20/h2-12,15H,13-14H2,1H3,(H,23,24)/t15-/m0/s1. The van der Waals surface area contributed by atoms with Crippen LogP contribution in [0.2, 0.25) is 0 Å². The Labute approximate surface area is 168 Å². The van der Waals surface area contributed by atoms with Gasteiger partial charge in [0.25, 0.3) is 5.91 Å². The summed E-state index contributed by atoms with van der Waals surface area (Å²) in [5.74, 6) is 2.16. The maximum Gasteiger partial charge on any atom is 0.255 e. The molecule has 1 amide bonds. The van der Waals surface area contributed by atoms with Crippen LogP contribution in [0.15, 0.2) is 67.0 Å². The van der Waals surface area contributed by atoms with Gasteiger partial charge < -0.3 is 9.88 Å². The van der Waals surface area contributed by atoms with Crippen LogP contribution in [0.25, 0.3) is 22.8 Å². The third-order valence-electron chi connectivity index (χ3n) is 5.30. The zero-order valence-electron chi connectivity index (χ0n) is 16.0. The van der Waals surface area contributed by atoms with Crippen LogP contribution in [0, 0.1) is 0 Å². The molecule has 0 saturated carbocycles. The summed E-state index contributed by atoms with van der Waals surface area (Å²) >= 11 is 0. The van der Waals surface area contributed by atoms with Crippen molar-refractivity contribution < 1.29 is 4.79 Å². The predicted molar refractivity (Wildman–Crippen MR) is 109 cm³/mol. The number of nitrogens with zero attached hydrogens (tertiary/aromatic N) is 5. The molecule has 7 nitrogen and oxygen atoms in total. The van der Waals surface area contributed by atoms with Gasteiger partial charge >= 0.3 is 0 Å². The summed E-state index contributed by atoms with van der Waals surface area (Å²) in [7, 11) is 0. The van der Waals surface area contributed by atoms with Gasteiger partial charge in [-0.05, 0) is 13.0 Å². The minimum Gasteiger partial charge on any atom is -0.345 e. The molecule has 0 spiro atoms. The highest BCUT2D eigenvalue weighted by Crippen LogP contribution is 2.29. The number of nitrogens with one attached hydrogen (secondary N) is 1. The summed E-state index contributed by atoms with van der Waals surface area (Å²) in [6, 6.07) is 17.3. The fraction of sp³-hybridized carbons (Fsp3) is 0.182. The molecule has 0 bridgehead atoms. The Bertz CT molecular complexity index is 1150. The van der Waals surface area contributed by atoms with E-state index in [-0.39, 0.29) is 11.9 Å². The van der Waals surface area contributed by atoms with Gasteiger partial charge in [-0.15, -0.1) is 0 Å². The molecule has 1 N–H and O–H groups in total. The number of aromatic nitrogens is 5. The summed E-state index contributed by atoms with van der Waals surface area (Å²) < 4.78 is 1.91. The summed E-state index contributed by atoms with van der Waals surface area (Å²) in [5, 5.41) is 4.65. The summed E-state index contributed by atoms with van der Waals surface area (Å²) in [4.78, 5) is 27.4. The van der Waals surface area contributed by atoms with E-state index in [1.807, 2.05) is 71.1 Å². The molecular weight excluding hydrogens is 364 g/mol. The van der Waals surface area contributed by atoms with E-state index in [4.69, 9.17) is 4.98 Å². The lowest BCUT2D eigenvalue weighted by Gasteiger charge is -2.33. The Balaban J connectivity index is 1.48. The Hall–Kier alpha value is -3.74. The molecule has 4 aromatic rings. The van der Waals surface area contributed by atoms with Crippen LogP contribution in [-0.4, -0.2) is 42.1 Å². The molecular formula is C22H20N6O. The normalized spacial score (nSPS) is 15.9. The molecule has 3 heterocycles. The fourth-order valence-electron chi connectivity index (χ4n) is 3.79. The number of imidazole rings is 1. The van der Waals surface area contributed by atoms with E-state index >= 15 is 0 Å². The molecule has 0 saturated heterocycles. The van der Waals surface area contributed by atoms with E-state index in [0.29, 0.717) is 30.3 Å². The molecule has 0 radical (unpaired) electrons. The van der Waals surface area contributed by atoms with Gasteiger partial charge in [0.2, 0.25) is 0 Å². The van der Waals surface area contributed by atoms with Gasteiger partial charge in [-0.3, -0.25) is 4.79 Å². The lowest BCUT2D eigenvalue weighted by molar-refractivity contribution is 0.0631. The molecule has 0 fully saturated rings. The maximum absolute atomic E-state index is 13.4. The van der Waals surface area contributed by atoms with Crippen LogP contribution in [0.5, 0.6) is 0 Å². The second kappa shape index (κ2) is 7.01. The van der Waals surface area contributed by atoms with Gasteiger partial charge in [-0.1, -0.05) is 48.5 Å². The molecule has 1 atom stereocenters. The van der Waals surface area contributed by atoms with Gasteiger partial charge in [0.1, 0.15) is 11.6 Å². The van der Waals surface area contributed by atoms with E-state index in [2.05, 4.69) is 15.1 Å². The number of hydrogen-bond acceptors (Lipinski definition) is 4. The number of aromatic amines is 1. The van der Waals surface area contributed by atoms with Crippen LogP contribution in [-0.2, 0) is 6.54 Å². The lowest BCUT2D eigenvalue weighted by Crippen LogP contribution is -2.41. The SMILES string of the molecule is C[C@H]1c2nc(-c3ccccc3)nn2CCN1C(=O)c1ccccc1-c1ncc[nH]1. The molecule has 29 heavy (non-hydrogen) atoms. The van der Waals surface area contributed by atoms with Crippen molar-refractivity contribution in [3.8, 4) is 22.8 Å². The summed E-state index contributed by atoms with van der Waals surface area (Å²) in [5.41, 5.74) is 2.40. The third-order valence-corrected chi connectivity index (χ3v) is 5.30. The smallest absolute Gasteiger partial charge is 0.255 e. The first-order chi connectivity index (χ1) is 14.2. The molecule has 1 aliphatic heterocycles. The first-order valence-corrected chi connectivity index (χ1v) is 9.62. The minimum absolute atomic E-state index is 0.0278. The second-order valence-corrected chi connectivity index (χ2v) is 7.04. The summed E-state index contributed by atoms with van der Waals surface area (Å²) in [6.45, 7) is 3.20. The van der Waals surface area contributed by atoms with Crippen molar-refractivity contribution in [2.45, 2.75) is 19.5 Å². The van der Waals surface area contributed by atoms with Gasteiger partial charge in [0.05, 0.1) is 18.2 Å². The van der Waals surface area contributed by atoms with E-state index in [9.17, 15) is 4.79 Å². The van der Waals surface area contributed by atoms with Gasteiger partial charge in [-0.2, -0.15) is 5.10 Å². The van der Waals surface area contributed by atoms with Crippen LogP contribution in [0.1, 0.15) is 29.1 Å². The maximum atomic E-state index is 13.4. The number of H-pyrrole nitrogens is 1. The number of rotatable bonds is 3. The largest absolute Gasteiger partial charge is 0.345 e. The van der Waals surface area contributed by atoms with E-state index in [1.54, 1.807) is 12.4 Å². The van der Waals surface area contributed by atoms with E-state index < -0.39 is 0 Å². The zero-order valence-corrected chi connectivity index (χ0v) is 16.0. The van der Waals surface area contributed by atoms with Crippen molar-refractivity contribution in [2.24, 2.45) is 0 Å². The molecule has 2 aromatic heterocycles. The topological polar surface area (TPSA) is 79.7 Å². The van der Waals surface area contributed by atoms with Crippen molar-refractivity contribution in [2.75, 3.05) is 6.54 Å². The van der Waals surface area contributed by atoms with Gasteiger partial charge in [0.15, 0.2) is 5.82 Å². The van der Waals surface area contributed by atoms with Crippen molar-refractivity contribution in [3.63, 3.8) is 0 Å². The molecule has 0 aliphatic carbocycles. The Morgan fingerprint density at radius 2 is 1.86 bits per heavy atom. The first kappa shape index (κ1) is 17.4. The number of amides is 1. The van der Waals surface area contributed by atoms with Crippen molar-refractivity contribution >= 4 is 5.91 Å². The fourth-order valence-corrected chi connectivity index (χ4v) is 3.79. The molecule has 7 heteroatoms. The molecule has 144 valence electrons. The van der Waals surface area contributed by atoms with Crippen LogP contribution < -0.4 is 0 Å². The average molecular weight is 384 g/mol. The number of carbonyl (C=O) groups excluding carboxylic acids is 1. The minimum atomic E-state index is -0.175. The number of fused-ring (bicyclic) bond motifs is 1. The zero-order chi connectivity index (χ0) is 19.8. The highest BCUT2D eigenvalue weighted by atomic mass is 16.2. The van der Waals surface area contributed by atoms with Crippen molar-refractivity contribution in [1.82, 2.24) is 29.6 Å². The van der Waals surface area contributed by atoms with Crippen LogP contribution in [0.4, 0.5) is 0 Å². The average Bonchev–Trinajstić information content (AvgIpc) is 3.45. The first-order valence-electron chi connectivity index (χ1n) is 9.62. The predicted octanol–water partition coefficient (Wildman–Crippen LogP) is 3.55. The molecule has 2 aromatic carbocycles. The van der Waals surface area contributed by atoms with Crippen molar-refractivity contribution in [3.05, 3.63) is 78.4 Å². The second-order valence-electron chi connectivity index (χ2n) is 7.04. The van der Waals surface area contributed by atoms with Crippen molar-refractivity contribution in [1.29, 1.82) is 0 Å². The van der Waals surface area contributed by atoms with Gasteiger partial charge in [0, 0.05) is 30.1 Å². The quantitative estimate of drug-likeness (QED) is 0.586.